The molecule has 0 spiro atoms. The Labute approximate surface area is 161 Å². The molecule has 0 aliphatic heterocycles. The Morgan fingerprint density at radius 2 is 1.88 bits per heavy atom. The van der Waals surface area contributed by atoms with E-state index < -0.39 is 0 Å². The van der Waals surface area contributed by atoms with Gasteiger partial charge in [0.15, 0.2) is 17.5 Å². The monoisotopic (exact) mass is 449 g/mol. The molecule has 2 rings (SSSR count). The molecule has 3 N–H and O–H groups in total. The summed E-state index contributed by atoms with van der Waals surface area (Å²) in [6.45, 7) is 1.52. The van der Waals surface area contributed by atoms with Gasteiger partial charge in [-0.2, -0.15) is 0 Å². The number of ether oxygens (including phenoxy) is 3. The van der Waals surface area contributed by atoms with Gasteiger partial charge in [-0.1, -0.05) is 12.5 Å². The molecule has 0 radical (unpaired) electrons. The van der Waals surface area contributed by atoms with E-state index in [1.54, 1.807) is 21.3 Å². The molecule has 0 unspecified atom stereocenters. The zero-order valence-corrected chi connectivity index (χ0v) is 17.0. The van der Waals surface area contributed by atoms with E-state index in [-0.39, 0.29) is 24.0 Å². The first-order valence-electron chi connectivity index (χ1n) is 8.01. The quantitative estimate of drug-likeness (QED) is 0.363. The lowest BCUT2D eigenvalue weighted by molar-refractivity contribution is 0.322. The second kappa shape index (κ2) is 10.5. The Bertz CT molecular complexity index is 548. The van der Waals surface area contributed by atoms with Gasteiger partial charge in [0.05, 0.1) is 21.3 Å². The molecule has 1 fully saturated rings. The molecule has 1 aromatic rings. The van der Waals surface area contributed by atoms with E-state index in [0.29, 0.717) is 29.8 Å². The van der Waals surface area contributed by atoms with Crippen LogP contribution in [-0.4, -0.2) is 40.4 Å². The Kier molecular flexibility index (Phi) is 9.02. The topological polar surface area (TPSA) is 78.1 Å². The van der Waals surface area contributed by atoms with E-state index in [0.717, 1.165) is 24.4 Å². The second-order valence-corrected chi connectivity index (χ2v) is 5.69. The van der Waals surface area contributed by atoms with Gasteiger partial charge in [-0.3, -0.25) is 4.99 Å². The molecule has 0 atom stereocenters. The van der Waals surface area contributed by atoms with Crippen LogP contribution in [-0.2, 0) is 6.42 Å². The van der Waals surface area contributed by atoms with Gasteiger partial charge in [-0.15, -0.1) is 24.0 Å². The Balaban J connectivity index is 0.00000288. The first-order chi connectivity index (χ1) is 11.2. The number of hydrogen-bond donors (Lipinski definition) is 2. The summed E-state index contributed by atoms with van der Waals surface area (Å²) >= 11 is 0. The normalized spacial score (nSPS) is 14.4. The number of rotatable bonds is 8. The van der Waals surface area contributed by atoms with Gasteiger partial charge >= 0.3 is 0 Å². The molecule has 6 nitrogen and oxygen atoms in total. The van der Waals surface area contributed by atoms with Crippen LogP contribution in [0.25, 0.3) is 0 Å². The molecule has 24 heavy (non-hydrogen) atoms. The number of nitrogens with one attached hydrogen (secondary N) is 1. The van der Waals surface area contributed by atoms with Crippen LogP contribution < -0.4 is 25.3 Å². The summed E-state index contributed by atoms with van der Waals surface area (Å²) in [6, 6.07) is 3.86. The Morgan fingerprint density at radius 1 is 1.17 bits per heavy atom. The lowest BCUT2D eigenvalue weighted by atomic mass is 9.86. The van der Waals surface area contributed by atoms with Gasteiger partial charge in [0, 0.05) is 18.7 Å². The van der Waals surface area contributed by atoms with E-state index in [1.165, 1.54) is 19.3 Å². The highest BCUT2D eigenvalue weighted by atomic mass is 127. The zero-order valence-electron chi connectivity index (χ0n) is 14.6. The minimum Gasteiger partial charge on any atom is -0.493 e. The van der Waals surface area contributed by atoms with Crippen molar-refractivity contribution in [1.29, 1.82) is 0 Å². The van der Waals surface area contributed by atoms with Gasteiger partial charge in [0.1, 0.15) is 0 Å². The SMILES string of the molecule is COc1ccc(CCNC(N)=NCC2CCC2)c(OC)c1OC.I. The standard InChI is InChI=1S/C17H27N3O3.HI/c1-21-14-8-7-13(15(22-2)16(14)23-3)9-10-19-17(18)20-11-12-5-4-6-12;/h7-8,12H,4-6,9-11H2,1-3H3,(H3,18,19,20);1H. The number of nitrogens with zero attached hydrogens (tertiary/aromatic N) is 1. The van der Waals surface area contributed by atoms with Crippen LogP contribution >= 0.6 is 24.0 Å². The molecule has 0 aromatic heterocycles. The van der Waals surface area contributed by atoms with Gasteiger partial charge < -0.3 is 25.3 Å². The number of guanidine groups is 1. The number of hydrogen-bond acceptors (Lipinski definition) is 4. The summed E-state index contributed by atoms with van der Waals surface area (Å²) < 4.78 is 16.2. The molecule has 1 aliphatic rings. The Morgan fingerprint density at radius 3 is 2.42 bits per heavy atom. The minimum atomic E-state index is 0. The molecule has 1 aromatic carbocycles. The van der Waals surface area contributed by atoms with E-state index in [2.05, 4.69) is 10.3 Å². The summed E-state index contributed by atoms with van der Waals surface area (Å²) in [4.78, 5) is 4.39. The van der Waals surface area contributed by atoms with Crippen molar-refractivity contribution < 1.29 is 14.2 Å². The van der Waals surface area contributed by atoms with Gasteiger partial charge in [0.2, 0.25) is 5.75 Å². The molecule has 0 saturated heterocycles. The molecule has 0 heterocycles. The van der Waals surface area contributed by atoms with E-state index in [4.69, 9.17) is 19.9 Å². The summed E-state index contributed by atoms with van der Waals surface area (Å²) in [6.07, 6.45) is 4.63. The van der Waals surface area contributed by atoms with Gasteiger partial charge in [-0.05, 0) is 31.2 Å². The third-order valence-corrected chi connectivity index (χ3v) is 4.23. The lowest BCUT2D eigenvalue weighted by Gasteiger charge is -2.23. The highest BCUT2D eigenvalue weighted by Crippen LogP contribution is 2.39. The maximum Gasteiger partial charge on any atom is 0.203 e. The molecule has 1 aliphatic carbocycles. The maximum atomic E-state index is 5.90. The van der Waals surface area contributed by atoms with Crippen LogP contribution in [0.2, 0.25) is 0 Å². The summed E-state index contributed by atoms with van der Waals surface area (Å²) in [7, 11) is 4.84. The van der Waals surface area contributed by atoms with E-state index >= 15 is 0 Å². The highest BCUT2D eigenvalue weighted by molar-refractivity contribution is 14.0. The first kappa shape index (κ1) is 20.7. The van der Waals surface area contributed by atoms with Crippen molar-refractivity contribution >= 4 is 29.9 Å². The van der Waals surface area contributed by atoms with Crippen LogP contribution in [0.1, 0.15) is 24.8 Å². The number of aliphatic imine (C=N–C) groups is 1. The largest absolute Gasteiger partial charge is 0.493 e. The van der Waals surface area contributed by atoms with Crippen molar-refractivity contribution in [2.75, 3.05) is 34.4 Å². The second-order valence-electron chi connectivity index (χ2n) is 5.69. The molecular formula is C17H28IN3O3. The van der Waals surface area contributed by atoms with Crippen molar-refractivity contribution in [1.82, 2.24) is 5.32 Å². The van der Waals surface area contributed by atoms with Crippen LogP contribution in [0, 0.1) is 5.92 Å². The van der Waals surface area contributed by atoms with Crippen LogP contribution in [0.5, 0.6) is 17.2 Å². The molecule has 0 amide bonds. The maximum absolute atomic E-state index is 5.90. The fourth-order valence-corrected chi connectivity index (χ4v) is 2.64. The fraction of sp³-hybridized carbons (Fsp3) is 0.588. The van der Waals surface area contributed by atoms with Crippen molar-refractivity contribution in [3.63, 3.8) is 0 Å². The predicted molar refractivity (Wildman–Crippen MR) is 107 cm³/mol. The number of halogens is 1. The van der Waals surface area contributed by atoms with Crippen LogP contribution in [0.15, 0.2) is 17.1 Å². The molecular weight excluding hydrogens is 421 g/mol. The molecule has 7 heteroatoms. The van der Waals surface area contributed by atoms with Gasteiger partial charge in [-0.25, -0.2) is 0 Å². The average Bonchev–Trinajstić information content (AvgIpc) is 2.52. The van der Waals surface area contributed by atoms with E-state index in [1.807, 2.05) is 12.1 Å². The average molecular weight is 449 g/mol. The number of nitrogens with two attached hydrogens (primary N) is 1. The highest BCUT2D eigenvalue weighted by Gasteiger charge is 2.17. The molecule has 1 saturated carbocycles. The third-order valence-electron chi connectivity index (χ3n) is 4.23. The predicted octanol–water partition coefficient (Wildman–Crippen LogP) is 2.58. The van der Waals surface area contributed by atoms with E-state index in [9.17, 15) is 0 Å². The third kappa shape index (κ3) is 5.32. The first-order valence-corrected chi connectivity index (χ1v) is 8.01. The van der Waals surface area contributed by atoms with Crippen LogP contribution in [0.4, 0.5) is 0 Å². The van der Waals surface area contributed by atoms with Crippen molar-refractivity contribution in [3.8, 4) is 17.2 Å². The summed E-state index contributed by atoms with van der Waals surface area (Å²) in [5.41, 5.74) is 6.93. The fourth-order valence-electron chi connectivity index (χ4n) is 2.64. The molecule has 136 valence electrons. The van der Waals surface area contributed by atoms with Crippen molar-refractivity contribution in [2.45, 2.75) is 25.7 Å². The van der Waals surface area contributed by atoms with Crippen molar-refractivity contribution in [3.05, 3.63) is 17.7 Å². The summed E-state index contributed by atoms with van der Waals surface area (Å²) in [5, 5.41) is 3.15. The number of methoxy groups -OCH3 is 3. The summed E-state index contributed by atoms with van der Waals surface area (Å²) in [5.74, 6) is 3.19. The molecule has 0 bridgehead atoms. The zero-order chi connectivity index (χ0) is 16.7. The Hall–Kier alpha value is -1.38. The minimum absolute atomic E-state index is 0. The van der Waals surface area contributed by atoms with Gasteiger partial charge in [0.25, 0.3) is 0 Å². The van der Waals surface area contributed by atoms with Crippen LogP contribution in [0.3, 0.4) is 0 Å². The smallest absolute Gasteiger partial charge is 0.203 e. The number of benzene rings is 1. The van der Waals surface area contributed by atoms with Crippen molar-refractivity contribution in [2.24, 2.45) is 16.6 Å². The lowest BCUT2D eigenvalue weighted by Crippen LogP contribution is -2.34.